The summed E-state index contributed by atoms with van der Waals surface area (Å²) >= 11 is 0. The molecule has 178 valence electrons. The van der Waals surface area contributed by atoms with Gasteiger partial charge in [0.25, 0.3) is 5.91 Å². The fourth-order valence-corrected chi connectivity index (χ4v) is 4.05. The lowest BCUT2D eigenvalue weighted by atomic mass is 9.92. The molecule has 0 radical (unpaired) electrons. The van der Waals surface area contributed by atoms with Crippen LogP contribution in [-0.2, 0) is 16.9 Å². The van der Waals surface area contributed by atoms with E-state index in [4.69, 9.17) is 0 Å². The third-order valence-corrected chi connectivity index (χ3v) is 6.04. The van der Waals surface area contributed by atoms with Gasteiger partial charge in [0.2, 0.25) is 0 Å². The maximum absolute atomic E-state index is 13.1. The molecule has 1 aromatic carbocycles. The summed E-state index contributed by atoms with van der Waals surface area (Å²) < 4.78 is 31.2. The van der Waals surface area contributed by atoms with Crippen LogP contribution in [0.15, 0.2) is 30.3 Å². The quantitative estimate of drug-likeness (QED) is 0.443. The zero-order valence-corrected chi connectivity index (χ0v) is 19.4. The van der Waals surface area contributed by atoms with Gasteiger partial charge < -0.3 is 14.6 Å². The topological polar surface area (TPSA) is 80.6 Å². The summed E-state index contributed by atoms with van der Waals surface area (Å²) in [6, 6.07) is 6.57. The molecule has 9 heteroatoms. The van der Waals surface area contributed by atoms with Crippen LogP contribution in [-0.4, -0.2) is 40.3 Å². The Morgan fingerprint density at radius 2 is 1.79 bits per heavy atom. The first-order chi connectivity index (χ1) is 15.4. The van der Waals surface area contributed by atoms with Crippen molar-refractivity contribution in [1.82, 2.24) is 14.8 Å². The number of Topliss-reactive ketones (excluding diaryl/α,β-unsaturated/α-hetero) is 1. The molecule has 0 aliphatic carbocycles. The third kappa shape index (κ3) is 4.91. The molecule has 1 fully saturated rings. The van der Waals surface area contributed by atoms with E-state index in [1.807, 2.05) is 13.8 Å². The zero-order chi connectivity index (χ0) is 24.5. The minimum Gasteiger partial charge on any atom is -0.435 e. The summed E-state index contributed by atoms with van der Waals surface area (Å²) in [7, 11) is 0. The number of aryl methyl sites for hydroxylation is 1. The van der Waals surface area contributed by atoms with E-state index in [1.54, 1.807) is 6.07 Å². The molecular formula is C24H29F2N3O4. The highest BCUT2D eigenvalue weighted by Gasteiger charge is 2.49. The van der Waals surface area contributed by atoms with Gasteiger partial charge in [-0.3, -0.25) is 14.5 Å². The summed E-state index contributed by atoms with van der Waals surface area (Å²) in [6.45, 7) is 7.00. The number of amides is 3. The SMILES string of the molecule is Cc1cc(C(=O)CN2C(=O)NC(C)(c3ccc(OC(F)F)cc3)C2=O)c(C)n1CCC(C)C. The molecule has 1 aliphatic rings. The second kappa shape index (κ2) is 9.33. The minimum absolute atomic E-state index is 0.0611. The van der Waals surface area contributed by atoms with Crippen molar-refractivity contribution in [3.05, 3.63) is 52.8 Å². The van der Waals surface area contributed by atoms with Gasteiger partial charge in [-0.15, -0.1) is 0 Å². The molecule has 0 bridgehead atoms. The molecule has 0 spiro atoms. The monoisotopic (exact) mass is 461 g/mol. The van der Waals surface area contributed by atoms with Crippen LogP contribution in [0.3, 0.4) is 0 Å². The van der Waals surface area contributed by atoms with E-state index in [0.29, 0.717) is 17.0 Å². The molecule has 0 saturated carbocycles. The Hall–Kier alpha value is -3.23. The maximum atomic E-state index is 13.1. The van der Waals surface area contributed by atoms with Crippen molar-refractivity contribution in [3.63, 3.8) is 0 Å². The van der Waals surface area contributed by atoms with Crippen LogP contribution in [0.2, 0.25) is 0 Å². The first kappa shape index (κ1) is 24.4. The predicted octanol–water partition coefficient (Wildman–Crippen LogP) is 4.40. The van der Waals surface area contributed by atoms with E-state index in [1.165, 1.54) is 31.2 Å². The molecule has 1 aromatic heterocycles. The number of carbonyl (C=O) groups is 3. The number of benzene rings is 1. The van der Waals surface area contributed by atoms with Gasteiger partial charge in [0.15, 0.2) is 5.78 Å². The van der Waals surface area contributed by atoms with Gasteiger partial charge in [-0.1, -0.05) is 26.0 Å². The number of hydrogen-bond acceptors (Lipinski definition) is 4. The second-order valence-corrected chi connectivity index (χ2v) is 8.89. The van der Waals surface area contributed by atoms with Gasteiger partial charge >= 0.3 is 12.6 Å². The van der Waals surface area contributed by atoms with Crippen LogP contribution in [0.25, 0.3) is 0 Å². The van der Waals surface area contributed by atoms with Gasteiger partial charge in [0.05, 0.1) is 6.54 Å². The molecule has 1 saturated heterocycles. The molecule has 3 amide bonds. The third-order valence-electron chi connectivity index (χ3n) is 6.04. The molecular weight excluding hydrogens is 432 g/mol. The number of urea groups is 1. The number of hydrogen-bond donors (Lipinski definition) is 1. The summed E-state index contributed by atoms with van der Waals surface area (Å²) in [5, 5.41) is 2.62. The van der Waals surface area contributed by atoms with E-state index >= 15 is 0 Å². The van der Waals surface area contributed by atoms with E-state index < -0.39 is 24.1 Å². The molecule has 33 heavy (non-hydrogen) atoms. The second-order valence-electron chi connectivity index (χ2n) is 8.89. The lowest BCUT2D eigenvalue weighted by Gasteiger charge is -2.22. The first-order valence-electron chi connectivity index (χ1n) is 10.8. The van der Waals surface area contributed by atoms with Gasteiger partial charge in [0.1, 0.15) is 11.3 Å². The van der Waals surface area contributed by atoms with Crippen LogP contribution in [0, 0.1) is 19.8 Å². The number of nitrogens with zero attached hydrogens (tertiary/aromatic N) is 2. The lowest BCUT2D eigenvalue weighted by Crippen LogP contribution is -2.41. The highest BCUT2D eigenvalue weighted by Crippen LogP contribution is 2.31. The number of imide groups is 1. The lowest BCUT2D eigenvalue weighted by molar-refractivity contribution is -0.130. The Kier molecular flexibility index (Phi) is 6.90. The fraction of sp³-hybridized carbons (Fsp3) is 0.458. The number of halogens is 2. The van der Waals surface area contributed by atoms with Crippen molar-refractivity contribution in [2.75, 3.05) is 6.54 Å². The standard InChI is InChI=1S/C24H29F2N3O4/c1-14(2)10-11-28-15(3)12-19(16(28)4)20(30)13-29-21(31)24(5,27-23(29)32)17-6-8-18(9-7-17)33-22(25)26/h6-9,12,14,22H,10-11,13H2,1-5H3,(H,27,32). The van der Waals surface area contributed by atoms with Crippen molar-refractivity contribution < 1.29 is 27.9 Å². The largest absolute Gasteiger partial charge is 0.435 e. The number of ether oxygens (including phenoxy) is 1. The highest BCUT2D eigenvalue weighted by atomic mass is 19.3. The normalized spacial score (nSPS) is 18.4. The zero-order valence-electron chi connectivity index (χ0n) is 19.4. The molecule has 2 aromatic rings. The number of aromatic nitrogens is 1. The molecule has 1 atom stereocenters. The number of rotatable bonds is 9. The van der Waals surface area contributed by atoms with Crippen molar-refractivity contribution in [3.8, 4) is 5.75 Å². The molecule has 1 aliphatic heterocycles. The Balaban J connectivity index is 1.77. The number of carbonyl (C=O) groups excluding carboxylic acids is 3. The maximum Gasteiger partial charge on any atom is 0.387 e. The predicted molar refractivity (Wildman–Crippen MR) is 118 cm³/mol. The summed E-state index contributed by atoms with van der Waals surface area (Å²) in [5.74, 6) is -0.455. The van der Waals surface area contributed by atoms with Crippen molar-refractivity contribution in [2.24, 2.45) is 5.92 Å². The summed E-state index contributed by atoms with van der Waals surface area (Å²) in [5.41, 5.74) is 1.21. The Bertz CT molecular complexity index is 1060. The van der Waals surface area contributed by atoms with Crippen LogP contribution >= 0.6 is 0 Å². The van der Waals surface area contributed by atoms with Crippen molar-refractivity contribution in [2.45, 2.75) is 59.7 Å². The number of ketones is 1. The van der Waals surface area contributed by atoms with Gasteiger partial charge in [-0.05, 0) is 56.9 Å². The number of alkyl halides is 2. The molecule has 1 N–H and O–H groups in total. The fourth-order valence-electron chi connectivity index (χ4n) is 4.05. The first-order valence-corrected chi connectivity index (χ1v) is 10.8. The van der Waals surface area contributed by atoms with Crippen LogP contribution in [0.1, 0.15) is 54.5 Å². The average molecular weight is 462 g/mol. The number of nitrogens with one attached hydrogen (secondary N) is 1. The average Bonchev–Trinajstić information content (AvgIpc) is 3.14. The van der Waals surface area contributed by atoms with E-state index in [2.05, 4.69) is 28.5 Å². The van der Waals surface area contributed by atoms with Gasteiger partial charge in [-0.25, -0.2) is 4.79 Å². The Morgan fingerprint density at radius 1 is 1.15 bits per heavy atom. The van der Waals surface area contributed by atoms with Crippen LogP contribution in [0.5, 0.6) is 5.75 Å². The van der Waals surface area contributed by atoms with E-state index in [9.17, 15) is 23.2 Å². The van der Waals surface area contributed by atoms with Gasteiger partial charge in [-0.2, -0.15) is 8.78 Å². The molecule has 3 rings (SSSR count). The molecule has 2 heterocycles. The Morgan fingerprint density at radius 3 is 2.36 bits per heavy atom. The van der Waals surface area contributed by atoms with Gasteiger partial charge in [0, 0.05) is 23.5 Å². The highest BCUT2D eigenvalue weighted by molar-refractivity contribution is 6.11. The van der Waals surface area contributed by atoms with E-state index in [-0.39, 0.29) is 18.1 Å². The molecule has 1 unspecified atom stereocenters. The smallest absolute Gasteiger partial charge is 0.387 e. The minimum atomic E-state index is -2.96. The van der Waals surface area contributed by atoms with E-state index in [0.717, 1.165) is 29.3 Å². The summed E-state index contributed by atoms with van der Waals surface area (Å²) in [6.07, 6.45) is 0.969. The van der Waals surface area contributed by atoms with Crippen molar-refractivity contribution >= 4 is 17.7 Å². The van der Waals surface area contributed by atoms with Crippen LogP contribution in [0.4, 0.5) is 13.6 Å². The summed E-state index contributed by atoms with van der Waals surface area (Å²) in [4.78, 5) is 39.7. The molecule has 7 nitrogen and oxygen atoms in total. The Labute approximate surface area is 191 Å². The van der Waals surface area contributed by atoms with Crippen LogP contribution < -0.4 is 10.1 Å². The van der Waals surface area contributed by atoms with Crippen molar-refractivity contribution in [1.29, 1.82) is 0 Å².